The van der Waals surface area contributed by atoms with Crippen molar-refractivity contribution in [2.45, 2.75) is 33.2 Å². The summed E-state index contributed by atoms with van der Waals surface area (Å²) in [5, 5.41) is 3.45. The van der Waals surface area contributed by atoms with Crippen LogP contribution >= 0.6 is 0 Å². The number of rotatable bonds is 5. The SMILES string of the molecule is COc1cccc(CNc2ccc(C(=O)N3CCC(C)CC3)cc2C)c1. The van der Waals surface area contributed by atoms with Gasteiger partial charge in [-0.05, 0) is 67.1 Å². The third kappa shape index (κ3) is 4.37. The minimum absolute atomic E-state index is 0.152. The molecule has 2 aromatic rings. The van der Waals surface area contributed by atoms with Crippen LogP contribution < -0.4 is 10.1 Å². The molecule has 0 atom stereocenters. The lowest BCUT2D eigenvalue weighted by molar-refractivity contribution is 0.0697. The standard InChI is InChI=1S/C22H28N2O2/c1-16-9-11-24(12-10-16)22(25)19-7-8-21(17(2)13-19)23-15-18-5-4-6-20(14-18)26-3/h4-8,13-14,16,23H,9-12,15H2,1-3H3. The molecule has 4 nitrogen and oxygen atoms in total. The minimum Gasteiger partial charge on any atom is -0.497 e. The zero-order valence-electron chi connectivity index (χ0n) is 15.9. The zero-order valence-corrected chi connectivity index (χ0v) is 15.9. The summed E-state index contributed by atoms with van der Waals surface area (Å²) in [6, 6.07) is 14.0. The van der Waals surface area contributed by atoms with Crippen molar-refractivity contribution in [3.63, 3.8) is 0 Å². The van der Waals surface area contributed by atoms with Gasteiger partial charge in [0.05, 0.1) is 7.11 Å². The van der Waals surface area contributed by atoms with Gasteiger partial charge in [-0.25, -0.2) is 0 Å². The van der Waals surface area contributed by atoms with Crippen molar-refractivity contribution in [1.29, 1.82) is 0 Å². The number of ether oxygens (including phenoxy) is 1. The number of nitrogens with zero attached hydrogens (tertiary/aromatic N) is 1. The van der Waals surface area contributed by atoms with Crippen LogP contribution in [0.2, 0.25) is 0 Å². The molecule has 0 radical (unpaired) electrons. The highest BCUT2D eigenvalue weighted by molar-refractivity contribution is 5.95. The van der Waals surface area contributed by atoms with Crippen LogP contribution in [0.1, 0.15) is 41.3 Å². The summed E-state index contributed by atoms with van der Waals surface area (Å²) in [5.41, 5.74) is 4.08. The normalized spacial score (nSPS) is 15.0. The van der Waals surface area contributed by atoms with Crippen molar-refractivity contribution in [2.75, 3.05) is 25.5 Å². The van der Waals surface area contributed by atoms with Crippen LogP contribution in [0.25, 0.3) is 0 Å². The number of aryl methyl sites for hydroxylation is 1. The van der Waals surface area contributed by atoms with E-state index >= 15 is 0 Å². The van der Waals surface area contributed by atoms with E-state index in [-0.39, 0.29) is 5.91 Å². The summed E-state index contributed by atoms with van der Waals surface area (Å²) in [7, 11) is 1.68. The molecule has 1 heterocycles. The monoisotopic (exact) mass is 352 g/mol. The Balaban J connectivity index is 1.64. The van der Waals surface area contributed by atoms with Gasteiger partial charge in [0.2, 0.25) is 0 Å². The van der Waals surface area contributed by atoms with Crippen molar-refractivity contribution in [1.82, 2.24) is 4.90 Å². The third-order valence-electron chi connectivity index (χ3n) is 5.16. The summed E-state index contributed by atoms with van der Waals surface area (Å²) in [6.07, 6.45) is 2.20. The van der Waals surface area contributed by atoms with Crippen molar-refractivity contribution in [3.8, 4) is 5.75 Å². The van der Waals surface area contributed by atoms with Crippen molar-refractivity contribution in [3.05, 3.63) is 59.2 Å². The second kappa shape index (κ2) is 8.26. The first kappa shape index (κ1) is 18.3. The van der Waals surface area contributed by atoms with E-state index in [0.29, 0.717) is 0 Å². The third-order valence-corrected chi connectivity index (χ3v) is 5.16. The average molecular weight is 352 g/mol. The fourth-order valence-electron chi connectivity index (χ4n) is 3.37. The van der Waals surface area contributed by atoms with E-state index < -0.39 is 0 Å². The highest BCUT2D eigenvalue weighted by atomic mass is 16.5. The molecule has 4 heteroatoms. The summed E-state index contributed by atoms with van der Waals surface area (Å²) < 4.78 is 5.27. The average Bonchev–Trinajstić information content (AvgIpc) is 2.67. The van der Waals surface area contributed by atoms with Crippen molar-refractivity contribution < 1.29 is 9.53 Å². The number of likely N-dealkylation sites (tertiary alicyclic amines) is 1. The second-order valence-corrected chi connectivity index (χ2v) is 7.21. The fraction of sp³-hybridized carbons (Fsp3) is 0.409. The molecule has 1 amide bonds. The lowest BCUT2D eigenvalue weighted by Crippen LogP contribution is -2.37. The Kier molecular flexibility index (Phi) is 5.82. The summed E-state index contributed by atoms with van der Waals surface area (Å²) in [5.74, 6) is 1.74. The van der Waals surface area contributed by atoms with Crippen LogP contribution in [-0.2, 0) is 6.54 Å². The Hall–Kier alpha value is -2.49. The molecule has 0 saturated carbocycles. The molecule has 0 spiro atoms. The number of hydrogen-bond acceptors (Lipinski definition) is 3. The molecule has 138 valence electrons. The predicted molar refractivity (Wildman–Crippen MR) is 106 cm³/mol. The Morgan fingerprint density at radius 2 is 1.96 bits per heavy atom. The topological polar surface area (TPSA) is 41.6 Å². The quantitative estimate of drug-likeness (QED) is 0.862. The van der Waals surface area contributed by atoms with E-state index in [9.17, 15) is 4.79 Å². The number of methoxy groups -OCH3 is 1. The maximum absolute atomic E-state index is 12.7. The van der Waals surface area contributed by atoms with Crippen LogP contribution in [-0.4, -0.2) is 31.0 Å². The molecule has 2 aromatic carbocycles. The highest BCUT2D eigenvalue weighted by Crippen LogP contribution is 2.22. The van der Waals surface area contributed by atoms with Gasteiger partial charge in [0, 0.05) is 30.9 Å². The number of hydrogen-bond donors (Lipinski definition) is 1. The molecule has 0 aromatic heterocycles. The second-order valence-electron chi connectivity index (χ2n) is 7.21. The summed E-state index contributed by atoms with van der Waals surface area (Å²) >= 11 is 0. The lowest BCUT2D eigenvalue weighted by Gasteiger charge is -2.30. The smallest absolute Gasteiger partial charge is 0.253 e. The van der Waals surface area contributed by atoms with Crippen molar-refractivity contribution >= 4 is 11.6 Å². The Morgan fingerprint density at radius 1 is 1.19 bits per heavy atom. The molecule has 1 saturated heterocycles. The molecule has 0 unspecified atom stereocenters. The molecule has 1 aliphatic heterocycles. The van der Waals surface area contributed by atoms with Gasteiger partial charge < -0.3 is 15.0 Å². The summed E-state index contributed by atoms with van der Waals surface area (Å²) in [6.45, 7) is 6.76. The fourth-order valence-corrected chi connectivity index (χ4v) is 3.37. The lowest BCUT2D eigenvalue weighted by atomic mass is 9.98. The van der Waals surface area contributed by atoms with Crippen molar-refractivity contribution in [2.24, 2.45) is 5.92 Å². The Morgan fingerprint density at radius 3 is 2.65 bits per heavy atom. The van der Waals surface area contributed by atoms with Gasteiger partial charge in [0.15, 0.2) is 0 Å². The first-order chi connectivity index (χ1) is 12.6. The van der Waals surface area contributed by atoms with Crippen LogP contribution in [0, 0.1) is 12.8 Å². The number of carbonyl (C=O) groups excluding carboxylic acids is 1. The molecule has 26 heavy (non-hydrogen) atoms. The first-order valence-electron chi connectivity index (χ1n) is 9.33. The van der Waals surface area contributed by atoms with Crippen LogP contribution in [0.3, 0.4) is 0 Å². The number of nitrogens with one attached hydrogen (secondary N) is 1. The van der Waals surface area contributed by atoms with E-state index in [1.54, 1.807) is 7.11 Å². The summed E-state index contributed by atoms with van der Waals surface area (Å²) in [4.78, 5) is 14.7. The van der Waals surface area contributed by atoms with Gasteiger partial charge in [-0.1, -0.05) is 19.1 Å². The van der Waals surface area contributed by atoms with Crippen LogP contribution in [0.4, 0.5) is 5.69 Å². The maximum Gasteiger partial charge on any atom is 0.253 e. The molecule has 0 bridgehead atoms. The van der Waals surface area contributed by atoms with Gasteiger partial charge in [-0.15, -0.1) is 0 Å². The number of carbonyl (C=O) groups is 1. The number of piperidine rings is 1. The van der Waals surface area contributed by atoms with Gasteiger partial charge in [0.1, 0.15) is 5.75 Å². The van der Waals surface area contributed by atoms with Gasteiger partial charge >= 0.3 is 0 Å². The first-order valence-corrected chi connectivity index (χ1v) is 9.33. The molecular formula is C22H28N2O2. The molecule has 1 aliphatic rings. The number of benzene rings is 2. The van der Waals surface area contributed by atoms with E-state index in [2.05, 4.69) is 18.3 Å². The molecule has 3 rings (SSSR count). The van der Waals surface area contributed by atoms with Gasteiger partial charge in [-0.3, -0.25) is 4.79 Å². The van der Waals surface area contributed by atoms with E-state index in [1.807, 2.05) is 48.2 Å². The van der Waals surface area contributed by atoms with Crippen LogP contribution in [0.5, 0.6) is 5.75 Å². The van der Waals surface area contributed by atoms with E-state index in [0.717, 1.165) is 66.5 Å². The molecular weight excluding hydrogens is 324 g/mol. The molecule has 1 fully saturated rings. The van der Waals surface area contributed by atoms with Crippen LogP contribution in [0.15, 0.2) is 42.5 Å². The van der Waals surface area contributed by atoms with Gasteiger partial charge in [0.25, 0.3) is 5.91 Å². The Labute approximate surface area is 156 Å². The largest absolute Gasteiger partial charge is 0.497 e. The number of anilines is 1. The van der Waals surface area contributed by atoms with Gasteiger partial charge in [-0.2, -0.15) is 0 Å². The predicted octanol–water partition coefficient (Wildman–Crippen LogP) is 4.49. The molecule has 1 N–H and O–H groups in total. The highest BCUT2D eigenvalue weighted by Gasteiger charge is 2.21. The maximum atomic E-state index is 12.7. The minimum atomic E-state index is 0.152. The van der Waals surface area contributed by atoms with E-state index in [4.69, 9.17) is 4.74 Å². The Bertz CT molecular complexity index is 764. The number of amides is 1. The van der Waals surface area contributed by atoms with E-state index in [1.165, 1.54) is 0 Å². The zero-order chi connectivity index (χ0) is 18.5. The molecule has 0 aliphatic carbocycles.